The number of hydrogen-bond donors (Lipinski definition) is 0. The fraction of sp³-hybridized carbons (Fsp3) is 0.457. The number of imide groups is 1. The summed E-state index contributed by atoms with van der Waals surface area (Å²) in [5, 5.41) is 4.78. The Morgan fingerprint density at radius 3 is 2.12 bits per heavy atom. The third-order valence-electron chi connectivity index (χ3n) is 7.28. The number of rotatable bonds is 10. The molecule has 0 saturated carbocycles. The smallest absolute Gasteiger partial charge is 0.427 e. The van der Waals surface area contributed by atoms with Gasteiger partial charge < -0.3 is 14.2 Å². The molecule has 280 valence electrons. The standard InChI is InChI=1S/C35H44ClN7O8S/c1-20-12-14-24(15-13-20)52(46,47)51-23(18-37-10)16-25-27-29(36)39-31(43(32(44)49-34(4,5)6)33(45)50-35(7,8)9)40-30(27)42(41-25)19-26-22(3)28(48-11)21(2)17-38-26/h12-15,17-18,23H,16,19H2,1-11H3. The monoisotopic (exact) mass is 757 g/mol. The number of amides is 2. The number of methoxy groups -OCH3 is 1. The van der Waals surface area contributed by atoms with Crippen LogP contribution in [-0.4, -0.2) is 83.0 Å². The van der Waals surface area contributed by atoms with E-state index in [4.69, 9.17) is 35.1 Å². The van der Waals surface area contributed by atoms with Crippen LogP contribution in [0.25, 0.3) is 11.0 Å². The summed E-state index contributed by atoms with van der Waals surface area (Å²) in [6, 6.07) is 6.23. The van der Waals surface area contributed by atoms with Crippen molar-refractivity contribution in [1.29, 1.82) is 0 Å². The average molecular weight is 758 g/mol. The lowest BCUT2D eigenvalue weighted by molar-refractivity contribution is 0.0427. The lowest BCUT2D eigenvalue weighted by atomic mass is 10.1. The zero-order chi connectivity index (χ0) is 38.8. The molecule has 3 aromatic heterocycles. The third-order valence-corrected chi connectivity index (χ3v) is 8.90. The van der Waals surface area contributed by atoms with Gasteiger partial charge in [-0.1, -0.05) is 29.3 Å². The second kappa shape index (κ2) is 15.5. The van der Waals surface area contributed by atoms with Crippen LogP contribution in [0.4, 0.5) is 15.5 Å². The Kier molecular flexibility index (Phi) is 12.0. The van der Waals surface area contributed by atoms with Gasteiger partial charge in [-0.2, -0.15) is 23.5 Å². The molecule has 0 aliphatic carbocycles. The van der Waals surface area contributed by atoms with Crippen LogP contribution in [0.1, 0.15) is 69.6 Å². The van der Waals surface area contributed by atoms with E-state index in [2.05, 4.69) is 19.9 Å². The van der Waals surface area contributed by atoms with Crippen molar-refractivity contribution in [2.24, 2.45) is 4.99 Å². The molecule has 1 unspecified atom stereocenters. The van der Waals surface area contributed by atoms with E-state index in [-0.39, 0.29) is 39.7 Å². The molecule has 0 aliphatic rings. The number of aliphatic imine (C=N–C) groups is 1. The summed E-state index contributed by atoms with van der Waals surface area (Å²) in [6.45, 7) is 15.4. The highest BCUT2D eigenvalue weighted by Crippen LogP contribution is 2.31. The van der Waals surface area contributed by atoms with E-state index in [1.54, 1.807) is 67.0 Å². The molecule has 0 spiro atoms. The van der Waals surface area contributed by atoms with Gasteiger partial charge in [0.1, 0.15) is 28.2 Å². The highest BCUT2D eigenvalue weighted by molar-refractivity contribution is 7.86. The molecule has 3 heterocycles. The van der Waals surface area contributed by atoms with Crippen molar-refractivity contribution >= 4 is 57.1 Å². The highest BCUT2D eigenvalue weighted by atomic mass is 35.5. The molecular weight excluding hydrogens is 714 g/mol. The number of ether oxygens (including phenoxy) is 3. The summed E-state index contributed by atoms with van der Waals surface area (Å²) in [5.41, 5.74) is 1.35. The number of anilines is 1. The predicted molar refractivity (Wildman–Crippen MR) is 196 cm³/mol. The number of carbonyl (C=O) groups is 2. The molecule has 0 bridgehead atoms. The summed E-state index contributed by atoms with van der Waals surface area (Å²) < 4.78 is 50.3. The van der Waals surface area contributed by atoms with E-state index in [1.165, 1.54) is 30.1 Å². The fourth-order valence-corrected chi connectivity index (χ4v) is 6.35. The number of benzene rings is 1. The number of nitrogens with zero attached hydrogens (tertiary/aromatic N) is 7. The molecule has 1 aromatic carbocycles. The summed E-state index contributed by atoms with van der Waals surface area (Å²) in [4.78, 5) is 45.1. The molecular formula is C35H44ClN7O8S. The molecule has 2 amide bonds. The number of hydrogen-bond acceptors (Lipinski definition) is 13. The van der Waals surface area contributed by atoms with Crippen LogP contribution in [-0.2, 0) is 36.7 Å². The van der Waals surface area contributed by atoms with Gasteiger partial charge in [-0.15, -0.1) is 4.90 Å². The first-order valence-electron chi connectivity index (χ1n) is 16.2. The molecule has 0 radical (unpaired) electrons. The van der Waals surface area contributed by atoms with Crippen LogP contribution in [0.3, 0.4) is 0 Å². The largest absolute Gasteiger partial charge is 0.496 e. The predicted octanol–water partition coefficient (Wildman–Crippen LogP) is 6.55. The second-order valence-electron chi connectivity index (χ2n) is 14.0. The van der Waals surface area contributed by atoms with Crippen LogP contribution < -0.4 is 9.64 Å². The van der Waals surface area contributed by atoms with Crippen LogP contribution >= 0.6 is 11.6 Å². The number of halogens is 1. The lowest BCUT2D eigenvalue weighted by Gasteiger charge is -2.27. The average Bonchev–Trinajstić information content (AvgIpc) is 3.34. The zero-order valence-electron chi connectivity index (χ0n) is 31.1. The zero-order valence-corrected chi connectivity index (χ0v) is 32.7. The maximum Gasteiger partial charge on any atom is 0.427 e. The Morgan fingerprint density at radius 1 is 0.981 bits per heavy atom. The van der Waals surface area contributed by atoms with E-state index >= 15 is 0 Å². The number of fused-ring (bicyclic) bond motifs is 1. The fourth-order valence-electron chi connectivity index (χ4n) is 5.06. The Bertz CT molecular complexity index is 2080. The van der Waals surface area contributed by atoms with Crippen molar-refractivity contribution in [3.63, 3.8) is 0 Å². The first kappa shape index (κ1) is 40.1. The summed E-state index contributed by atoms with van der Waals surface area (Å²) in [7, 11) is -1.19. The van der Waals surface area contributed by atoms with Crippen molar-refractivity contribution in [2.45, 2.75) is 97.5 Å². The van der Waals surface area contributed by atoms with Gasteiger partial charge in [0.15, 0.2) is 5.65 Å². The molecule has 52 heavy (non-hydrogen) atoms. The molecule has 0 N–H and O–H groups in total. The highest BCUT2D eigenvalue weighted by Gasteiger charge is 2.36. The molecule has 0 fully saturated rings. The molecule has 17 heteroatoms. The van der Waals surface area contributed by atoms with E-state index in [9.17, 15) is 18.0 Å². The molecule has 15 nitrogen and oxygen atoms in total. The van der Waals surface area contributed by atoms with Gasteiger partial charge >= 0.3 is 12.2 Å². The summed E-state index contributed by atoms with van der Waals surface area (Å²) >= 11 is 6.84. The van der Waals surface area contributed by atoms with E-state index in [0.29, 0.717) is 16.3 Å². The van der Waals surface area contributed by atoms with Crippen LogP contribution in [0.2, 0.25) is 5.15 Å². The van der Waals surface area contributed by atoms with Crippen molar-refractivity contribution in [3.8, 4) is 5.75 Å². The van der Waals surface area contributed by atoms with Crippen LogP contribution in [0, 0.1) is 20.8 Å². The Hall–Kier alpha value is -4.67. The number of aryl methyl sites for hydroxylation is 2. The Labute approximate surface area is 308 Å². The minimum absolute atomic E-state index is 0.0275. The van der Waals surface area contributed by atoms with E-state index < -0.39 is 45.6 Å². The van der Waals surface area contributed by atoms with E-state index in [0.717, 1.165) is 16.7 Å². The van der Waals surface area contributed by atoms with Crippen molar-refractivity contribution < 1.29 is 36.4 Å². The molecule has 0 aliphatic heterocycles. The molecule has 4 aromatic rings. The van der Waals surface area contributed by atoms with Gasteiger partial charge in [0.2, 0.25) is 5.95 Å². The summed E-state index contributed by atoms with van der Waals surface area (Å²) in [5.74, 6) is 0.190. The van der Waals surface area contributed by atoms with Gasteiger partial charge in [0, 0.05) is 37.0 Å². The topological polar surface area (TPSA) is 177 Å². The lowest BCUT2D eigenvalue weighted by Crippen LogP contribution is -2.44. The quantitative estimate of drug-likeness (QED) is 0.0970. The van der Waals surface area contributed by atoms with Crippen molar-refractivity contribution in [2.75, 3.05) is 19.1 Å². The number of pyridine rings is 1. The summed E-state index contributed by atoms with van der Waals surface area (Å²) in [6.07, 6.45) is -0.469. The Balaban J connectivity index is 1.91. The molecule has 0 saturated heterocycles. The van der Waals surface area contributed by atoms with Crippen LogP contribution in [0.15, 0.2) is 40.4 Å². The van der Waals surface area contributed by atoms with Gasteiger partial charge in [-0.05, 0) is 74.4 Å². The maximum absolute atomic E-state index is 13.5. The number of aromatic nitrogens is 5. The minimum Gasteiger partial charge on any atom is -0.496 e. The van der Waals surface area contributed by atoms with Crippen LogP contribution in [0.5, 0.6) is 5.75 Å². The molecule has 1 atom stereocenters. The van der Waals surface area contributed by atoms with Crippen molar-refractivity contribution in [1.82, 2.24) is 24.7 Å². The van der Waals surface area contributed by atoms with Gasteiger partial charge in [-0.25, -0.2) is 14.3 Å². The number of carbonyl (C=O) groups excluding carboxylic acids is 2. The Morgan fingerprint density at radius 2 is 1.58 bits per heavy atom. The van der Waals surface area contributed by atoms with E-state index in [1.807, 2.05) is 20.8 Å². The van der Waals surface area contributed by atoms with Crippen molar-refractivity contribution in [3.05, 3.63) is 63.7 Å². The first-order valence-corrected chi connectivity index (χ1v) is 18.0. The normalized spacial score (nSPS) is 13.0. The first-order chi connectivity index (χ1) is 24.1. The maximum atomic E-state index is 13.5. The van der Waals surface area contributed by atoms with Gasteiger partial charge in [0.25, 0.3) is 10.1 Å². The second-order valence-corrected chi connectivity index (χ2v) is 15.9. The SMILES string of the molecule is CN=CC(Cc1nn(Cc2ncc(C)c(OC)c2C)c2nc(N(C(=O)OC(C)(C)C)C(=O)OC(C)(C)C)nc(Cl)c12)OS(=O)(=O)c1ccc(C)cc1. The third kappa shape index (κ3) is 9.60. The minimum atomic E-state index is -4.23. The molecule has 4 rings (SSSR count). The van der Waals surface area contributed by atoms with Gasteiger partial charge in [0.05, 0.1) is 35.3 Å². The van der Waals surface area contributed by atoms with Gasteiger partial charge in [-0.3, -0.25) is 14.2 Å².